The maximum atomic E-state index is 14.6. The molecule has 0 aliphatic carbocycles. The van der Waals surface area contributed by atoms with Crippen molar-refractivity contribution in [3.63, 3.8) is 0 Å². The molecule has 216 valence electrons. The number of hydrogen-bond acceptors (Lipinski definition) is 8. The zero-order chi connectivity index (χ0) is 30.5. The predicted octanol–water partition coefficient (Wildman–Crippen LogP) is 6.22. The van der Waals surface area contributed by atoms with Crippen LogP contribution in [0.25, 0.3) is 32.2 Å². The molecule has 0 radical (unpaired) electrons. The number of benzene rings is 2. The number of halogens is 4. The molecule has 3 heterocycles. The molecule has 0 aliphatic heterocycles. The van der Waals surface area contributed by atoms with E-state index in [1.54, 1.807) is 37.3 Å². The molecule has 0 aliphatic rings. The molecule has 1 N–H and O–H groups in total. The molecule has 42 heavy (non-hydrogen) atoms. The van der Waals surface area contributed by atoms with Gasteiger partial charge in [0.2, 0.25) is 0 Å². The first kappa shape index (κ1) is 29.5. The van der Waals surface area contributed by atoms with Crippen molar-refractivity contribution in [1.82, 2.24) is 14.5 Å². The molecule has 15 heteroatoms. The van der Waals surface area contributed by atoms with Crippen LogP contribution in [-0.4, -0.2) is 34.1 Å². The van der Waals surface area contributed by atoms with Gasteiger partial charge in [0, 0.05) is 32.8 Å². The molecule has 0 amide bonds. The third-order valence-electron chi connectivity index (χ3n) is 6.45. The molecule has 9 nitrogen and oxygen atoms in total. The quantitative estimate of drug-likeness (QED) is 0.209. The van der Waals surface area contributed by atoms with Gasteiger partial charge in [-0.05, 0) is 44.2 Å². The van der Waals surface area contributed by atoms with Crippen LogP contribution < -0.4 is 10.3 Å². The third kappa shape index (κ3) is 5.20. The van der Waals surface area contributed by atoms with Crippen LogP contribution in [0.4, 0.5) is 13.2 Å². The molecule has 3 aromatic heterocycles. The average Bonchev–Trinajstić information content (AvgIpc) is 3.35. The van der Waals surface area contributed by atoms with E-state index in [1.165, 1.54) is 12.3 Å². The maximum absolute atomic E-state index is 14.6. The highest BCUT2D eigenvalue weighted by Crippen LogP contribution is 2.41. The summed E-state index contributed by atoms with van der Waals surface area (Å²) in [5, 5.41) is 10.6. The van der Waals surface area contributed by atoms with Gasteiger partial charge < -0.3 is 4.74 Å². The molecule has 0 atom stereocenters. The minimum Gasteiger partial charge on any atom is -0.491 e. The van der Waals surface area contributed by atoms with Gasteiger partial charge in [0.05, 0.1) is 22.2 Å². The Morgan fingerprint density at radius 3 is 2.57 bits per heavy atom. The van der Waals surface area contributed by atoms with E-state index >= 15 is 0 Å². The average molecular weight is 635 g/mol. The monoisotopic (exact) mass is 634 g/mol. The van der Waals surface area contributed by atoms with Gasteiger partial charge >= 0.3 is 0 Å². The van der Waals surface area contributed by atoms with Crippen molar-refractivity contribution >= 4 is 54.2 Å². The van der Waals surface area contributed by atoms with Crippen LogP contribution in [0.2, 0.25) is 5.02 Å². The molecule has 5 aromatic rings. The van der Waals surface area contributed by atoms with E-state index in [-0.39, 0.29) is 29.4 Å². The summed E-state index contributed by atoms with van der Waals surface area (Å²) in [5.74, 6) is -0.766. The summed E-state index contributed by atoms with van der Waals surface area (Å²) in [7, 11) is -4.54. The summed E-state index contributed by atoms with van der Waals surface area (Å²) >= 11 is 7.33. The van der Waals surface area contributed by atoms with Crippen molar-refractivity contribution in [2.24, 2.45) is 0 Å². The highest BCUT2D eigenvalue weighted by atomic mass is 35.5. The van der Waals surface area contributed by atoms with Crippen LogP contribution in [0.5, 0.6) is 5.75 Å². The highest BCUT2D eigenvalue weighted by molar-refractivity contribution is 7.86. The first-order valence-electron chi connectivity index (χ1n) is 12.0. The van der Waals surface area contributed by atoms with Crippen molar-refractivity contribution < 1.29 is 30.9 Å². The van der Waals surface area contributed by atoms with Crippen molar-refractivity contribution in [3.05, 3.63) is 79.6 Å². The predicted molar refractivity (Wildman–Crippen MR) is 150 cm³/mol. The summed E-state index contributed by atoms with van der Waals surface area (Å²) in [4.78, 5) is 21.3. The summed E-state index contributed by atoms with van der Waals surface area (Å²) in [6.45, 7) is 2.80. The zero-order valence-corrected chi connectivity index (χ0v) is 24.0. The molecule has 0 fully saturated rings. The Labute approximate surface area is 245 Å². The Morgan fingerprint density at radius 1 is 1.17 bits per heavy atom. The Bertz CT molecular complexity index is 2130. The second-order valence-electron chi connectivity index (χ2n) is 9.13. The van der Waals surface area contributed by atoms with Crippen molar-refractivity contribution in [1.29, 1.82) is 5.26 Å². The molecular weight excluding hydrogens is 617 g/mol. The summed E-state index contributed by atoms with van der Waals surface area (Å²) in [5.41, 5.74) is -1.36. The molecule has 0 unspecified atom stereocenters. The molecule has 0 spiro atoms. The fraction of sp³-hybridized carbons (Fsp3) is 0.185. The van der Waals surface area contributed by atoms with Crippen molar-refractivity contribution in [2.45, 2.75) is 31.7 Å². The number of nitrogens with zero attached hydrogens (tertiary/aromatic N) is 4. The lowest BCUT2D eigenvalue weighted by Gasteiger charge is -2.16. The van der Waals surface area contributed by atoms with Crippen LogP contribution in [0, 0.1) is 31.0 Å². The number of aryl methyl sites for hydroxylation is 2. The van der Waals surface area contributed by atoms with Crippen LogP contribution in [0.3, 0.4) is 0 Å². The third-order valence-corrected chi connectivity index (χ3v) is 8.71. The molecule has 0 saturated heterocycles. The van der Waals surface area contributed by atoms with Gasteiger partial charge in [0.1, 0.15) is 46.0 Å². The largest absolute Gasteiger partial charge is 0.491 e. The standard InChI is InChI=1S/C27H18ClF3N4O5S2/c1-12-7-16(25-24(33-12)21(11-41-25)42(37,38)39)15-8-14(28)3-4-20(15)40-6-5-35-13(2)34-23-19(29)9-17(26(30)31)18(10-32)22(23)27(35)36/h3-4,7-9,11,26H,5-6H2,1-2H3,(H,37,38,39). The summed E-state index contributed by atoms with van der Waals surface area (Å²) < 4.78 is 82.5. The SMILES string of the molecule is Cc1cc(-c2cc(Cl)ccc2OCCn2c(C)nc3c(F)cc(C(F)F)c(C#N)c3c2=O)c2scc(S(=O)(=O)O)c2n1. The molecule has 2 aromatic carbocycles. The number of ether oxygens (including phenoxy) is 1. The van der Waals surface area contributed by atoms with Crippen molar-refractivity contribution in [3.8, 4) is 22.9 Å². The minimum atomic E-state index is -4.54. The summed E-state index contributed by atoms with van der Waals surface area (Å²) in [6.07, 6.45) is -3.18. The first-order valence-corrected chi connectivity index (χ1v) is 14.7. The van der Waals surface area contributed by atoms with Gasteiger partial charge in [0.25, 0.3) is 22.1 Å². The number of thiophene rings is 1. The highest BCUT2D eigenvalue weighted by Gasteiger charge is 2.24. The second kappa shape index (κ2) is 11.0. The van der Waals surface area contributed by atoms with E-state index in [9.17, 15) is 36.2 Å². The second-order valence-corrected chi connectivity index (χ2v) is 11.8. The van der Waals surface area contributed by atoms with Gasteiger partial charge in [-0.15, -0.1) is 11.3 Å². The Balaban J connectivity index is 1.55. The minimum absolute atomic E-state index is 0.0720. The normalized spacial score (nSPS) is 11.9. The van der Waals surface area contributed by atoms with E-state index < -0.39 is 49.9 Å². The smallest absolute Gasteiger partial charge is 0.297 e. The van der Waals surface area contributed by atoms with Crippen molar-refractivity contribution in [2.75, 3.05) is 6.61 Å². The Hall–Kier alpha value is -4.03. The van der Waals surface area contributed by atoms with E-state index in [4.69, 9.17) is 16.3 Å². The number of aromatic nitrogens is 3. The van der Waals surface area contributed by atoms with Crippen LogP contribution >= 0.6 is 22.9 Å². The van der Waals surface area contributed by atoms with E-state index in [1.807, 2.05) is 0 Å². The summed E-state index contributed by atoms with van der Waals surface area (Å²) in [6, 6.07) is 8.52. The lowest BCUT2D eigenvalue weighted by molar-refractivity contribution is 0.151. The lowest BCUT2D eigenvalue weighted by Crippen LogP contribution is -2.27. The van der Waals surface area contributed by atoms with Crippen LogP contribution in [0.15, 0.2) is 45.4 Å². The van der Waals surface area contributed by atoms with Crippen LogP contribution in [0.1, 0.15) is 29.1 Å². The topological polar surface area (TPSA) is 135 Å². The number of pyridine rings is 1. The number of alkyl halides is 2. The number of hydrogen-bond donors (Lipinski definition) is 1. The van der Waals surface area contributed by atoms with Gasteiger partial charge in [-0.1, -0.05) is 11.6 Å². The fourth-order valence-electron chi connectivity index (χ4n) is 4.62. The zero-order valence-electron chi connectivity index (χ0n) is 21.7. The molecular formula is C27H18ClF3N4O5S2. The van der Waals surface area contributed by atoms with E-state index in [0.29, 0.717) is 38.4 Å². The lowest BCUT2D eigenvalue weighted by atomic mass is 10.0. The fourth-order valence-corrected chi connectivity index (χ4v) is 6.78. The van der Waals surface area contributed by atoms with E-state index in [2.05, 4.69) is 9.97 Å². The van der Waals surface area contributed by atoms with E-state index in [0.717, 1.165) is 15.9 Å². The Morgan fingerprint density at radius 2 is 1.90 bits per heavy atom. The van der Waals surface area contributed by atoms with Gasteiger partial charge in [-0.3, -0.25) is 18.9 Å². The molecule has 5 rings (SSSR count). The number of fused-ring (bicyclic) bond motifs is 2. The van der Waals surface area contributed by atoms with Gasteiger partial charge in [0.15, 0.2) is 0 Å². The van der Waals surface area contributed by atoms with Gasteiger partial charge in [-0.25, -0.2) is 18.2 Å². The molecule has 0 saturated carbocycles. The number of nitriles is 1. The molecule has 0 bridgehead atoms. The maximum Gasteiger partial charge on any atom is 0.297 e. The number of rotatable bonds is 7. The Kier molecular flexibility index (Phi) is 7.71. The van der Waals surface area contributed by atoms with Crippen LogP contribution in [-0.2, 0) is 16.7 Å². The first-order chi connectivity index (χ1) is 19.8. The van der Waals surface area contributed by atoms with Gasteiger partial charge in [-0.2, -0.15) is 13.7 Å².